The van der Waals surface area contributed by atoms with Crippen LogP contribution in [0, 0.1) is 0 Å². The number of Topliss-reactive ketones (excluding diaryl/α,β-unsaturated/α-hetero) is 1. The number of hydrogen-bond donors (Lipinski definition) is 2. The topological polar surface area (TPSA) is 84.9 Å². The van der Waals surface area contributed by atoms with Crippen LogP contribution >= 0.6 is 11.6 Å². The van der Waals surface area contributed by atoms with Gasteiger partial charge in [0.25, 0.3) is 0 Å². The quantitative estimate of drug-likeness (QED) is 0.476. The van der Waals surface area contributed by atoms with E-state index in [1.165, 1.54) is 7.11 Å². The summed E-state index contributed by atoms with van der Waals surface area (Å²) in [6, 6.07) is 3.21. The molecule has 0 saturated heterocycles. The summed E-state index contributed by atoms with van der Waals surface area (Å²) in [6.07, 6.45) is 4.72. The Hall–Kier alpha value is -2.47. The molecule has 1 heterocycles. The van der Waals surface area contributed by atoms with Crippen molar-refractivity contribution >= 4 is 23.4 Å². The lowest BCUT2D eigenvalue weighted by Gasteiger charge is -2.34. The molecule has 0 saturated carbocycles. The number of nitrogens with one attached hydrogen (secondary N) is 1. The lowest BCUT2D eigenvalue weighted by Crippen LogP contribution is -2.34. The standard InChI is InChI=1S/C23H28ClNO5/c1-4-5-6-10-30-23(28)19-13(2)25-16-8-7-9-17(26)21(16)20(19)14-11-15(24)22(27)18(12-14)29-3/h11-12,20,25,27H,4-10H2,1-3H3/t20-/m1/s1. The predicted molar refractivity (Wildman–Crippen MR) is 115 cm³/mol. The molecular weight excluding hydrogens is 406 g/mol. The second-order valence-corrected chi connectivity index (χ2v) is 8.07. The average Bonchev–Trinajstić information content (AvgIpc) is 2.72. The Balaban J connectivity index is 2.08. The van der Waals surface area contributed by atoms with E-state index in [0.717, 1.165) is 37.8 Å². The number of esters is 1. The van der Waals surface area contributed by atoms with Gasteiger partial charge in [-0.1, -0.05) is 31.4 Å². The molecule has 2 aliphatic rings. The van der Waals surface area contributed by atoms with Crippen molar-refractivity contribution in [3.8, 4) is 11.5 Å². The molecule has 0 amide bonds. The van der Waals surface area contributed by atoms with Gasteiger partial charge < -0.3 is 19.9 Å². The molecule has 2 N–H and O–H groups in total. The normalized spacial score (nSPS) is 18.8. The number of hydrogen-bond acceptors (Lipinski definition) is 6. The third kappa shape index (κ3) is 4.33. The first-order valence-electron chi connectivity index (χ1n) is 10.4. The molecule has 1 aliphatic carbocycles. The number of aromatic hydroxyl groups is 1. The zero-order chi connectivity index (χ0) is 21.8. The van der Waals surface area contributed by atoms with Gasteiger partial charge in [0.15, 0.2) is 17.3 Å². The number of dihydropyridines is 1. The summed E-state index contributed by atoms with van der Waals surface area (Å²) in [5.41, 5.74) is 3.07. The number of phenolic OH excluding ortho intramolecular Hbond substituents is 1. The van der Waals surface area contributed by atoms with E-state index in [0.29, 0.717) is 35.4 Å². The number of ether oxygens (including phenoxy) is 2. The number of halogens is 1. The third-order valence-corrected chi connectivity index (χ3v) is 5.87. The summed E-state index contributed by atoms with van der Waals surface area (Å²) in [5, 5.41) is 13.5. The van der Waals surface area contributed by atoms with E-state index >= 15 is 0 Å². The summed E-state index contributed by atoms with van der Waals surface area (Å²) in [4.78, 5) is 26.0. The van der Waals surface area contributed by atoms with Crippen molar-refractivity contribution in [3.05, 3.63) is 45.3 Å². The number of ketones is 1. The lowest BCUT2D eigenvalue weighted by molar-refractivity contribution is -0.139. The van der Waals surface area contributed by atoms with E-state index in [-0.39, 0.29) is 22.3 Å². The van der Waals surface area contributed by atoms with E-state index < -0.39 is 11.9 Å². The van der Waals surface area contributed by atoms with Gasteiger partial charge in [-0.15, -0.1) is 0 Å². The van der Waals surface area contributed by atoms with Crippen molar-refractivity contribution < 1.29 is 24.2 Å². The van der Waals surface area contributed by atoms with Crippen molar-refractivity contribution in [2.45, 2.75) is 58.3 Å². The van der Waals surface area contributed by atoms with Gasteiger partial charge in [-0.25, -0.2) is 4.79 Å². The minimum atomic E-state index is -0.625. The summed E-state index contributed by atoms with van der Waals surface area (Å²) < 4.78 is 10.8. The van der Waals surface area contributed by atoms with Gasteiger partial charge in [-0.3, -0.25) is 4.79 Å². The zero-order valence-electron chi connectivity index (χ0n) is 17.6. The molecule has 0 bridgehead atoms. The van der Waals surface area contributed by atoms with Crippen LogP contribution in [0.5, 0.6) is 11.5 Å². The van der Waals surface area contributed by atoms with Crippen LogP contribution in [0.4, 0.5) is 0 Å². The Labute approximate surface area is 181 Å². The highest BCUT2D eigenvalue weighted by atomic mass is 35.5. The largest absolute Gasteiger partial charge is 0.503 e. The van der Waals surface area contributed by atoms with E-state index in [1.807, 2.05) is 6.92 Å². The SMILES string of the molecule is CCCCCOC(=O)C1=C(C)NC2=C(C(=O)CCC2)[C@@H]1c1cc(Cl)c(O)c(OC)c1. The van der Waals surface area contributed by atoms with Gasteiger partial charge in [0.2, 0.25) is 0 Å². The Morgan fingerprint density at radius 3 is 2.77 bits per heavy atom. The number of rotatable bonds is 7. The van der Waals surface area contributed by atoms with Crippen molar-refractivity contribution in [3.63, 3.8) is 0 Å². The number of allylic oxidation sites excluding steroid dienone is 3. The average molecular weight is 434 g/mol. The van der Waals surface area contributed by atoms with E-state index in [1.54, 1.807) is 12.1 Å². The number of carbonyl (C=O) groups is 2. The van der Waals surface area contributed by atoms with Crippen LogP contribution in [-0.4, -0.2) is 30.6 Å². The van der Waals surface area contributed by atoms with Crippen LogP contribution < -0.4 is 10.1 Å². The third-order valence-electron chi connectivity index (χ3n) is 5.58. The Bertz CT molecular complexity index is 918. The number of carbonyl (C=O) groups excluding carboxylic acids is 2. The summed E-state index contributed by atoms with van der Waals surface area (Å²) in [5.74, 6) is -1.06. The van der Waals surface area contributed by atoms with E-state index in [4.69, 9.17) is 21.1 Å². The molecule has 3 rings (SSSR count). The summed E-state index contributed by atoms with van der Waals surface area (Å²) >= 11 is 6.23. The first-order chi connectivity index (χ1) is 14.4. The van der Waals surface area contributed by atoms with Gasteiger partial charge in [-0.05, 0) is 43.9 Å². The second kappa shape index (κ2) is 9.56. The number of unbranched alkanes of at least 4 members (excludes halogenated alkanes) is 2. The fourth-order valence-corrected chi connectivity index (χ4v) is 4.32. The maximum atomic E-state index is 13.1. The van der Waals surface area contributed by atoms with E-state index in [2.05, 4.69) is 12.2 Å². The first kappa shape index (κ1) is 22.2. The van der Waals surface area contributed by atoms with Crippen LogP contribution in [0.25, 0.3) is 0 Å². The first-order valence-corrected chi connectivity index (χ1v) is 10.7. The van der Waals surface area contributed by atoms with Crippen molar-refractivity contribution in [2.24, 2.45) is 0 Å². The molecule has 1 atom stereocenters. The van der Waals surface area contributed by atoms with Gasteiger partial charge in [0.05, 0.1) is 24.3 Å². The molecule has 0 unspecified atom stereocenters. The van der Waals surface area contributed by atoms with Crippen LogP contribution in [0.1, 0.15) is 63.9 Å². The van der Waals surface area contributed by atoms with Crippen molar-refractivity contribution in [1.82, 2.24) is 5.32 Å². The maximum absolute atomic E-state index is 13.1. The Morgan fingerprint density at radius 2 is 2.07 bits per heavy atom. The molecule has 0 fully saturated rings. The second-order valence-electron chi connectivity index (χ2n) is 7.66. The highest BCUT2D eigenvalue weighted by Crippen LogP contribution is 2.46. The van der Waals surface area contributed by atoms with E-state index in [9.17, 15) is 14.7 Å². The van der Waals surface area contributed by atoms with Crippen molar-refractivity contribution in [2.75, 3.05) is 13.7 Å². The lowest BCUT2D eigenvalue weighted by atomic mass is 9.75. The molecule has 1 aromatic carbocycles. The monoisotopic (exact) mass is 433 g/mol. The highest BCUT2D eigenvalue weighted by molar-refractivity contribution is 6.32. The van der Waals surface area contributed by atoms with Gasteiger partial charge in [0, 0.05) is 29.3 Å². The highest BCUT2D eigenvalue weighted by Gasteiger charge is 2.39. The molecule has 0 aromatic heterocycles. The smallest absolute Gasteiger partial charge is 0.336 e. The fraction of sp³-hybridized carbons (Fsp3) is 0.478. The van der Waals surface area contributed by atoms with Crippen LogP contribution in [0.2, 0.25) is 5.02 Å². The molecule has 1 aromatic rings. The Morgan fingerprint density at radius 1 is 1.30 bits per heavy atom. The molecule has 162 valence electrons. The fourth-order valence-electron chi connectivity index (χ4n) is 4.10. The minimum Gasteiger partial charge on any atom is -0.503 e. The zero-order valence-corrected chi connectivity index (χ0v) is 18.4. The van der Waals surface area contributed by atoms with Gasteiger partial charge in [-0.2, -0.15) is 0 Å². The van der Waals surface area contributed by atoms with Gasteiger partial charge in [0.1, 0.15) is 0 Å². The summed E-state index contributed by atoms with van der Waals surface area (Å²) in [6.45, 7) is 4.23. The van der Waals surface area contributed by atoms with Crippen LogP contribution in [0.15, 0.2) is 34.7 Å². The number of benzene rings is 1. The number of methoxy groups -OCH3 is 1. The van der Waals surface area contributed by atoms with Gasteiger partial charge >= 0.3 is 5.97 Å². The minimum absolute atomic E-state index is 0.000646. The van der Waals surface area contributed by atoms with Crippen LogP contribution in [0.3, 0.4) is 0 Å². The molecular formula is C23H28ClNO5. The molecule has 6 nitrogen and oxygen atoms in total. The number of phenols is 1. The maximum Gasteiger partial charge on any atom is 0.336 e. The molecule has 30 heavy (non-hydrogen) atoms. The Kier molecular flexibility index (Phi) is 7.08. The molecule has 7 heteroatoms. The molecule has 0 radical (unpaired) electrons. The summed E-state index contributed by atoms with van der Waals surface area (Å²) in [7, 11) is 1.43. The van der Waals surface area contributed by atoms with Crippen LogP contribution in [-0.2, 0) is 14.3 Å². The van der Waals surface area contributed by atoms with Crippen molar-refractivity contribution in [1.29, 1.82) is 0 Å². The molecule has 1 aliphatic heterocycles. The molecule has 0 spiro atoms. The predicted octanol–water partition coefficient (Wildman–Crippen LogP) is 4.76.